The summed E-state index contributed by atoms with van der Waals surface area (Å²) in [5.74, 6) is -0.742. The first-order valence-corrected chi connectivity index (χ1v) is 8.91. The van der Waals surface area contributed by atoms with Gasteiger partial charge in [-0.15, -0.1) is 11.3 Å². The molecule has 2 rings (SSSR count). The maximum atomic E-state index is 12.9. The van der Waals surface area contributed by atoms with Gasteiger partial charge in [0.15, 0.2) is 5.13 Å². The fourth-order valence-corrected chi connectivity index (χ4v) is 2.63. The van der Waals surface area contributed by atoms with Crippen molar-refractivity contribution >= 4 is 34.0 Å². The molecule has 0 spiro atoms. The molecule has 0 bridgehead atoms. The summed E-state index contributed by atoms with van der Waals surface area (Å²) in [5.41, 5.74) is 0.960. The van der Waals surface area contributed by atoms with E-state index in [2.05, 4.69) is 20.9 Å². The number of hydrogen-bond acceptors (Lipinski definition) is 5. The Morgan fingerprint density at radius 2 is 2.00 bits per heavy atom. The van der Waals surface area contributed by atoms with Gasteiger partial charge in [0, 0.05) is 30.1 Å². The fourth-order valence-electron chi connectivity index (χ4n) is 1.92. The summed E-state index contributed by atoms with van der Waals surface area (Å²) in [7, 11) is 0. The number of nitrogens with one attached hydrogen (secondary N) is 3. The second kappa shape index (κ2) is 9.12. The number of hydrogen-bond donors (Lipinski definition) is 3. The van der Waals surface area contributed by atoms with Crippen molar-refractivity contribution in [3.8, 4) is 0 Å². The van der Waals surface area contributed by atoms with Crippen LogP contribution < -0.4 is 16.0 Å². The minimum atomic E-state index is -0.334. The number of thiazole rings is 1. The minimum Gasteiger partial charge on any atom is -0.354 e. The van der Waals surface area contributed by atoms with Gasteiger partial charge in [0.25, 0.3) is 5.91 Å². The Morgan fingerprint density at radius 3 is 2.68 bits per heavy atom. The van der Waals surface area contributed by atoms with Crippen LogP contribution in [-0.2, 0) is 4.79 Å². The van der Waals surface area contributed by atoms with Crippen molar-refractivity contribution in [1.82, 2.24) is 15.6 Å². The van der Waals surface area contributed by atoms with E-state index in [0.29, 0.717) is 10.8 Å². The van der Waals surface area contributed by atoms with E-state index in [0.717, 1.165) is 6.42 Å². The average Bonchev–Trinajstić information content (AvgIpc) is 3.05. The second-order valence-electron chi connectivity index (χ2n) is 5.55. The Bertz CT molecular complexity index is 718. The van der Waals surface area contributed by atoms with Crippen LogP contribution in [0, 0.1) is 5.82 Å². The second-order valence-corrected chi connectivity index (χ2v) is 6.41. The largest absolute Gasteiger partial charge is 0.354 e. The molecule has 6 nitrogen and oxygen atoms in total. The number of anilines is 2. The molecule has 134 valence electrons. The third kappa shape index (κ3) is 6.15. The molecule has 3 N–H and O–H groups in total. The van der Waals surface area contributed by atoms with Crippen molar-refractivity contribution < 1.29 is 14.0 Å². The molecule has 2 aromatic rings. The van der Waals surface area contributed by atoms with Crippen LogP contribution in [0.3, 0.4) is 0 Å². The average molecular weight is 364 g/mol. The molecule has 25 heavy (non-hydrogen) atoms. The molecular weight excluding hydrogens is 343 g/mol. The first-order chi connectivity index (χ1) is 12.0. The first kappa shape index (κ1) is 18.9. The highest BCUT2D eigenvalue weighted by Gasteiger charge is 2.12. The molecule has 0 saturated carbocycles. The van der Waals surface area contributed by atoms with Crippen molar-refractivity contribution in [1.29, 1.82) is 0 Å². The van der Waals surface area contributed by atoms with E-state index in [4.69, 9.17) is 0 Å². The van der Waals surface area contributed by atoms with E-state index in [1.54, 1.807) is 17.5 Å². The molecule has 1 aromatic carbocycles. The highest BCUT2D eigenvalue weighted by Crippen LogP contribution is 2.21. The van der Waals surface area contributed by atoms with E-state index in [9.17, 15) is 14.0 Å². The van der Waals surface area contributed by atoms with Crippen LogP contribution >= 0.6 is 11.3 Å². The lowest BCUT2D eigenvalue weighted by Crippen LogP contribution is -2.35. The summed E-state index contributed by atoms with van der Waals surface area (Å²) in [6, 6.07) is 5.99. The fraction of sp³-hybridized carbons (Fsp3) is 0.353. The van der Waals surface area contributed by atoms with Gasteiger partial charge in [-0.3, -0.25) is 9.59 Å². The summed E-state index contributed by atoms with van der Waals surface area (Å²) in [6.45, 7) is 4.17. The van der Waals surface area contributed by atoms with Crippen LogP contribution in [0.1, 0.15) is 37.2 Å². The third-order valence-electron chi connectivity index (χ3n) is 3.49. The van der Waals surface area contributed by atoms with Crippen LogP contribution in [0.25, 0.3) is 0 Å². The Balaban J connectivity index is 1.80. The van der Waals surface area contributed by atoms with Crippen molar-refractivity contribution in [2.45, 2.75) is 32.7 Å². The summed E-state index contributed by atoms with van der Waals surface area (Å²) >= 11 is 1.27. The van der Waals surface area contributed by atoms with E-state index >= 15 is 0 Å². The van der Waals surface area contributed by atoms with Crippen LogP contribution in [0.5, 0.6) is 0 Å². The molecule has 1 atom stereocenters. The summed E-state index contributed by atoms with van der Waals surface area (Å²) in [6.07, 6.45) is 1.08. The number of nitrogens with zero attached hydrogens (tertiary/aromatic N) is 1. The van der Waals surface area contributed by atoms with Gasteiger partial charge < -0.3 is 16.0 Å². The summed E-state index contributed by atoms with van der Waals surface area (Å²) < 4.78 is 12.9. The monoisotopic (exact) mass is 364 g/mol. The number of amides is 2. The SMILES string of the molecule is CCC(C)NC(=O)CCNC(=O)c1csc(Nc2ccc(F)cc2)n1. The number of carbonyl (C=O) groups is 2. The zero-order valence-corrected chi connectivity index (χ0v) is 15.0. The molecule has 0 radical (unpaired) electrons. The van der Waals surface area contributed by atoms with E-state index in [1.807, 2.05) is 13.8 Å². The van der Waals surface area contributed by atoms with Gasteiger partial charge in [0.1, 0.15) is 11.5 Å². The molecule has 0 aliphatic carbocycles. The highest BCUT2D eigenvalue weighted by atomic mass is 32.1. The van der Waals surface area contributed by atoms with Gasteiger partial charge in [0.2, 0.25) is 5.91 Å². The van der Waals surface area contributed by atoms with Crippen LogP contribution in [0.4, 0.5) is 15.2 Å². The summed E-state index contributed by atoms with van der Waals surface area (Å²) in [4.78, 5) is 27.9. The Hall–Kier alpha value is -2.48. The molecule has 1 heterocycles. The molecule has 0 aliphatic rings. The van der Waals surface area contributed by atoms with E-state index in [1.165, 1.54) is 23.5 Å². The smallest absolute Gasteiger partial charge is 0.270 e. The number of rotatable bonds is 8. The van der Waals surface area contributed by atoms with Gasteiger partial charge in [-0.1, -0.05) is 6.92 Å². The molecular formula is C17H21FN4O2S. The van der Waals surface area contributed by atoms with Crippen LogP contribution in [-0.4, -0.2) is 29.4 Å². The molecule has 2 amide bonds. The molecule has 8 heteroatoms. The zero-order chi connectivity index (χ0) is 18.2. The van der Waals surface area contributed by atoms with Gasteiger partial charge in [-0.25, -0.2) is 9.37 Å². The Labute approximate surface area is 149 Å². The van der Waals surface area contributed by atoms with Gasteiger partial charge >= 0.3 is 0 Å². The van der Waals surface area contributed by atoms with Crippen LogP contribution in [0.2, 0.25) is 0 Å². The van der Waals surface area contributed by atoms with Crippen molar-refractivity contribution in [2.24, 2.45) is 0 Å². The van der Waals surface area contributed by atoms with Crippen molar-refractivity contribution in [2.75, 3.05) is 11.9 Å². The topological polar surface area (TPSA) is 83.1 Å². The van der Waals surface area contributed by atoms with Crippen molar-refractivity contribution in [3.63, 3.8) is 0 Å². The van der Waals surface area contributed by atoms with Crippen molar-refractivity contribution in [3.05, 3.63) is 41.2 Å². The Kier molecular flexibility index (Phi) is 6.88. The normalized spacial score (nSPS) is 11.6. The van der Waals surface area contributed by atoms with E-state index in [-0.39, 0.29) is 42.3 Å². The number of carbonyl (C=O) groups excluding carboxylic acids is 2. The standard InChI is InChI=1S/C17H21FN4O2S/c1-3-11(2)20-15(23)8-9-19-16(24)14-10-25-17(22-14)21-13-6-4-12(18)5-7-13/h4-7,10-11H,3,8-9H2,1-2H3,(H,19,24)(H,20,23)(H,21,22). The predicted octanol–water partition coefficient (Wildman–Crippen LogP) is 3.06. The van der Waals surface area contributed by atoms with Gasteiger partial charge in [0.05, 0.1) is 0 Å². The number of benzene rings is 1. The van der Waals surface area contributed by atoms with Gasteiger partial charge in [-0.05, 0) is 37.6 Å². The number of aromatic nitrogens is 1. The zero-order valence-electron chi connectivity index (χ0n) is 14.1. The molecule has 1 unspecified atom stereocenters. The lowest BCUT2D eigenvalue weighted by molar-refractivity contribution is -0.121. The van der Waals surface area contributed by atoms with Crippen LogP contribution in [0.15, 0.2) is 29.6 Å². The highest BCUT2D eigenvalue weighted by molar-refractivity contribution is 7.14. The third-order valence-corrected chi connectivity index (χ3v) is 4.25. The molecule has 0 aliphatic heterocycles. The predicted molar refractivity (Wildman–Crippen MR) is 96.6 cm³/mol. The van der Waals surface area contributed by atoms with E-state index < -0.39 is 0 Å². The first-order valence-electron chi connectivity index (χ1n) is 8.03. The maximum Gasteiger partial charge on any atom is 0.270 e. The molecule has 0 saturated heterocycles. The number of halogens is 1. The molecule has 1 aromatic heterocycles. The molecule has 0 fully saturated rings. The van der Waals surface area contributed by atoms with Gasteiger partial charge in [-0.2, -0.15) is 0 Å². The minimum absolute atomic E-state index is 0.0911. The Morgan fingerprint density at radius 1 is 1.28 bits per heavy atom. The maximum absolute atomic E-state index is 12.9. The quantitative estimate of drug-likeness (QED) is 0.672. The lowest BCUT2D eigenvalue weighted by Gasteiger charge is -2.11. The summed E-state index contributed by atoms with van der Waals surface area (Å²) in [5, 5.41) is 10.7. The lowest BCUT2D eigenvalue weighted by atomic mass is 10.2.